The van der Waals surface area contributed by atoms with Crippen LogP contribution in [0.15, 0.2) is 42.5 Å². The molecular formula is C14H10ClF2NO2. The monoisotopic (exact) mass is 297 g/mol. The van der Waals surface area contributed by atoms with Crippen molar-refractivity contribution >= 4 is 23.3 Å². The summed E-state index contributed by atoms with van der Waals surface area (Å²) in [4.78, 5) is 11.3. The zero-order chi connectivity index (χ0) is 14.7. The third kappa shape index (κ3) is 3.24. The van der Waals surface area contributed by atoms with Crippen molar-refractivity contribution in [2.24, 2.45) is 0 Å². The van der Waals surface area contributed by atoms with Gasteiger partial charge in [-0.15, -0.1) is 0 Å². The van der Waals surface area contributed by atoms with E-state index in [-0.39, 0.29) is 10.6 Å². The van der Waals surface area contributed by atoms with Crippen molar-refractivity contribution in [1.82, 2.24) is 0 Å². The Balaban J connectivity index is 2.34. The van der Waals surface area contributed by atoms with Gasteiger partial charge in [0, 0.05) is 16.3 Å². The number of anilines is 1. The maximum Gasteiger partial charge on any atom is 0.330 e. The van der Waals surface area contributed by atoms with Crippen molar-refractivity contribution in [3.63, 3.8) is 0 Å². The van der Waals surface area contributed by atoms with Gasteiger partial charge in [0.1, 0.15) is 11.6 Å². The fourth-order valence-corrected chi connectivity index (χ4v) is 1.90. The van der Waals surface area contributed by atoms with Crippen LogP contribution in [0.25, 0.3) is 0 Å². The van der Waals surface area contributed by atoms with Gasteiger partial charge < -0.3 is 10.4 Å². The second-order valence-corrected chi connectivity index (χ2v) is 4.52. The molecule has 0 bridgehead atoms. The van der Waals surface area contributed by atoms with Crippen LogP contribution >= 0.6 is 11.6 Å². The Morgan fingerprint density at radius 1 is 1.15 bits per heavy atom. The minimum Gasteiger partial charge on any atom is -0.479 e. The van der Waals surface area contributed by atoms with Crippen molar-refractivity contribution < 1.29 is 18.7 Å². The average Bonchev–Trinajstić information content (AvgIpc) is 2.41. The van der Waals surface area contributed by atoms with Crippen LogP contribution in [-0.2, 0) is 4.79 Å². The summed E-state index contributed by atoms with van der Waals surface area (Å²) in [7, 11) is 0. The molecule has 2 aromatic carbocycles. The number of halogens is 3. The number of carboxylic acids is 1. The summed E-state index contributed by atoms with van der Waals surface area (Å²) in [6, 6.07) is 7.44. The number of carbonyl (C=O) groups is 1. The van der Waals surface area contributed by atoms with E-state index in [9.17, 15) is 18.7 Å². The molecule has 2 rings (SSSR count). The van der Waals surface area contributed by atoms with Gasteiger partial charge in [-0.1, -0.05) is 11.6 Å². The normalized spacial score (nSPS) is 11.9. The molecule has 0 saturated heterocycles. The average molecular weight is 298 g/mol. The summed E-state index contributed by atoms with van der Waals surface area (Å²) in [5.74, 6) is -2.40. The highest BCUT2D eigenvalue weighted by Crippen LogP contribution is 2.25. The maximum atomic E-state index is 13.7. The Hall–Kier alpha value is -2.14. The Labute approximate surface area is 118 Å². The Kier molecular flexibility index (Phi) is 4.20. The molecule has 2 N–H and O–H groups in total. The van der Waals surface area contributed by atoms with Crippen LogP contribution in [0.2, 0.25) is 5.02 Å². The largest absolute Gasteiger partial charge is 0.479 e. The van der Waals surface area contributed by atoms with Crippen molar-refractivity contribution in [2.75, 3.05) is 5.32 Å². The molecule has 3 nitrogen and oxygen atoms in total. The van der Waals surface area contributed by atoms with Crippen molar-refractivity contribution in [2.45, 2.75) is 6.04 Å². The van der Waals surface area contributed by atoms with E-state index in [2.05, 4.69) is 5.32 Å². The topological polar surface area (TPSA) is 49.3 Å². The lowest BCUT2D eigenvalue weighted by Gasteiger charge is -2.17. The lowest BCUT2D eigenvalue weighted by Crippen LogP contribution is -2.21. The summed E-state index contributed by atoms with van der Waals surface area (Å²) < 4.78 is 26.5. The number of carboxylic acid groups (broad SMARTS) is 1. The second-order valence-electron chi connectivity index (χ2n) is 4.09. The van der Waals surface area contributed by atoms with E-state index < -0.39 is 23.6 Å². The Morgan fingerprint density at radius 3 is 2.40 bits per heavy atom. The number of hydrogen-bond donors (Lipinski definition) is 2. The van der Waals surface area contributed by atoms with Crippen LogP contribution in [0, 0.1) is 11.6 Å². The molecule has 0 aliphatic heterocycles. The summed E-state index contributed by atoms with van der Waals surface area (Å²) >= 11 is 5.75. The molecule has 0 aliphatic rings. The first kappa shape index (κ1) is 14.3. The number of rotatable bonds is 4. The summed E-state index contributed by atoms with van der Waals surface area (Å²) in [5, 5.41) is 12.1. The number of benzene rings is 2. The van der Waals surface area contributed by atoms with Gasteiger partial charge in [0.2, 0.25) is 0 Å². The standard InChI is InChI=1S/C14H10ClF2NO2/c15-8-1-6-12(17)11(7-8)13(14(19)20)18-10-4-2-9(16)3-5-10/h1-7,13,18H,(H,19,20). The van der Waals surface area contributed by atoms with Gasteiger partial charge in [0.15, 0.2) is 6.04 Å². The van der Waals surface area contributed by atoms with E-state index in [4.69, 9.17) is 11.6 Å². The predicted octanol–water partition coefficient (Wildman–Crippen LogP) is 3.86. The molecule has 1 atom stereocenters. The quantitative estimate of drug-likeness (QED) is 0.901. The van der Waals surface area contributed by atoms with Gasteiger partial charge >= 0.3 is 5.97 Å². The van der Waals surface area contributed by atoms with Gasteiger partial charge in [-0.2, -0.15) is 0 Å². The van der Waals surface area contributed by atoms with E-state index in [1.54, 1.807) is 0 Å². The highest BCUT2D eigenvalue weighted by atomic mass is 35.5. The molecule has 104 valence electrons. The second kappa shape index (κ2) is 5.88. The van der Waals surface area contributed by atoms with Crippen LogP contribution in [0.1, 0.15) is 11.6 Å². The van der Waals surface area contributed by atoms with Crippen molar-refractivity contribution in [1.29, 1.82) is 0 Å². The van der Waals surface area contributed by atoms with Crippen LogP contribution < -0.4 is 5.32 Å². The SMILES string of the molecule is O=C(O)C(Nc1ccc(F)cc1)c1cc(Cl)ccc1F. The lowest BCUT2D eigenvalue weighted by atomic mass is 10.1. The Bertz CT molecular complexity index is 632. The van der Waals surface area contributed by atoms with Crippen LogP contribution in [0.3, 0.4) is 0 Å². The minimum atomic E-state index is -1.32. The molecular weight excluding hydrogens is 288 g/mol. The molecule has 0 radical (unpaired) electrons. The van der Waals surface area contributed by atoms with E-state index in [0.717, 1.165) is 6.07 Å². The van der Waals surface area contributed by atoms with Gasteiger partial charge in [0.05, 0.1) is 0 Å². The molecule has 0 saturated carbocycles. The fraction of sp³-hybridized carbons (Fsp3) is 0.0714. The third-order valence-electron chi connectivity index (χ3n) is 2.67. The Morgan fingerprint density at radius 2 is 1.80 bits per heavy atom. The van der Waals surface area contributed by atoms with Crippen LogP contribution in [-0.4, -0.2) is 11.1 Å². The van der Waals surface area contributed by atoms with Crippen molar-refractivity contribution in [3.8, 4) is 0 Å². The smallest absolute Gasteiger partial charge is 0.330 e. The zero-order valence-electron chi connectivity index (χ0n) is 10.1. The number of hydrogen-bond acceptors (Lipinski definition) is 2. The van der Waals surface area contributed by atoms with Gasteiger partial charge in [0.25, 0.3) is 0 Å². The molecule has 0 fully saturated rings. The highest BCUT2D eigenvalue weighted by molar-refractivity contribution is 6.30. The summed E-state index contributed by atoms with van der Waals surface area (Å²) in [6.45, 7) is 0. The molecule has 2 aromatic rings. The van der Waals surface area contributed by atoms with Crippen LogP contribution in [0.4, 0.5) is 14.5 Å². The number of aliphatic carboxylic acids is 1. The molecule has 0 aliphatic carbocycles. The molecule has 6 heteroatoms. The third-order valence-corrected chi connectivity index (χ3v) is 2.91. The first-order chi connectivity index (χ1) is 9.47. The molecule has 0 aromatic heterocycles. The zero-order valence-corrected chi connectivity index (χ0v) is 10.9. The first-order valence-corrected chi connectivity index (χ1v) is 6.05. The molecule has 20 heavy (non-hydrogen) atoms. The highest BCUT2D eigenvalue weighted by Gasteiger charge is 2.23. The fourth-order valence-electron chi connectivity index (χ4n) is 1.72. The maximum absolute atomic E-state index is 13.7. The minimum absolute atomic E-state index is 0.0886. The van der Waals surface area contributed by atoms with Gasteiger partial charge in [-0.3, -0.25) is 0 Å². The molecule has 0 heterocycles. The van der Waals surface area contributed by atoms with Crippen LogP contribution in [0.5, 0.6) is 0 Å². The predicted molar refractivity (Wildman–Crippen MR) is 71.8 cm³/mol. The van der Waals surface area contributed by atoms with E-state index in [0.29, 0.717) is 5.69 Å². The van der Waals surface area contributed by atoms with E-state index >= 15 is 0 Å². The van der Waals surface area contributed by atoms with Gasteiger partial charge in [-0.25, -0.2) is 13.6 Å². The number of nitrogens with one attached hydrogen (secondary N) is 1. The first-order valence-electron chi connectivity index (χ1n) is 5.67. The molecule has 0 spiro atoms. The van der Waals surface area contributed by atoms with E-state index in [1.165, 1.54) is 36.4 Å². The molecule has 0 amide bonds. The summed E-state index contributed by atoms with van der Waals surface area (Å²) in [6.07, 6.45) is 0. The van der Waals surface area contributed by atoms with Crippen molar-refractivity contribution in [3.05, 3.63) is 64.7 Å². The van der Waals surface area contributed by atoms with Gasteiger partial charge in [-0.05, 0) is 42.5 Å². The summed E-state index contributed by atoms with van der Waals surface area (Å²) in [5.41, 5.74) is 0.271. The lowest BCUT2D eigenvalue weighted by molar-refractivity contribution is -0.138. The van der Waals surface area contributed by atoms with E-state index in [1.807, 2.05) is 0 Å². The molecule has 1 unspecified atom stereocenters.